The quantitative estimate of drug-likeness (QED) is 0.645. The summed E-state index contributed by atoms with van der Waals surface area (Å²) in [7, 11) is 0. The molecule has 30 heavy (non-hydrogen) atoms. The lowest BCUT2D eigenvalue weighted by molar-refractivity contribution is -0.115. The highest BCUT2D eigenvalue weighted by Crippen LogP contribution is 2.18. The Hall–Kier alpha value is -2.77. The van der Waals surface area contributed by atoms with Gasteiger partial charge in [0, 0.05) is 43.2 Å². The van der Waals surface area contributed by atoms with Crippen LogP contribution >= 0.6 is 11.3 Å². The molecular formula is C23H25FN4OS. The molecule has 0 bridgehead atoms. The van der Waals surface area contributed by atoms with E-state index in [9.17, 15) is 9.18 Å². The number of amides is 1. The number of carbonyl (C=O) groups excluding carboxylic acids is 1. The molecule has 1 aliphatic rings. The molecule has 0 unspecified atom stereocenters. The van der Waals surface area contributed by atoms with Crippen molar-refractivity contribution in [1.29, 1.82) is 0 Å². The van der Waals surface area contributed by atoms with Gasteiger partial charge in [-0.05, 0) is 36.1 Å². The van der Waals surface area contributed by atoms with Gasteiger partial charge in [-0.25, -0.2) is 9.37 Å². The number of thiophene rings is 1. The van der Waals surface area contributed by atoms with Crippen molar-refractivity contribution in [2.24, 2.45) is 0 Å². The molecule has 1 N–H and O–H groups in total. The number of aromatic nitrogens is 1. The van der Waals surface area contributed by atoms with Crippen LogP contribution in [0.2, 0.25) is 0 Å². The maximum Gasteiger partial charge on any atom is 0.229 e. The number of nitrogens with one attached hydrogen (secondary N) is 1. The lowest BCUT2D eigenvalue weighted by atomic mass is 10.2. The number of hydrogen-bond acceptors (Lipinski definition) is 5. The largest absolute Gasteiger partial charge is 0.355 e. The molecule has 156 valence electrons. The van der Waals surface area contributed by atoms with Crippen LogP contribution in [0.25, 0.3) is 0 Å². The van der Waals surface area contributed by atoms with E-state index >= 15 is 0 Å². The Morgan fingerprint density at radius 1 is 1.07 bits per heavy atom. The molecular weight excluding hydrogens is 399 g/mol. The van der Waals surface area contributed by atoms with Crippen LogP contribution in [0.15, 0.2) is 60.1 Å². The van der Waals surface area contributed by atoms with E-state index in [2.05, 4.69) is 20.1 Å². The summed E-state index contributed by atoms with van der Waals surface area (Å²) in [6, 6.07) is 14.7. The molecule has 0 spiro atoms. The van der Waals surface area contributed by atoms with Crippen LogP contribution in [0, 0.1) is 5.82 Å². The van der Waals surface area contributed by atoms with E-state index in [0.717, 1.165) is 48.9 Å². The fraction of sp³-hybridized carbons (Fsp3) is 0.304. The fourth-order valence-electron chi connectivity index (χ4n) is 3.65. The predicted octanol–water partition coefficient (Wildman–Crippen LogP) is 4.18. The monoisotopic (exact) mass is 424 g/mol. The van der Waals surface area contributed by atoms with Crippen molar-refractivity contribution in [3.05, 3.63) is 76.4 Å². The minimum atomic E-state index is -0.142. The minimum absolute atomic E-state index is 0.0365. The molecule has 1 fully saturated rings. The molecule has 1 aromatic carbocycles. The number of carbonyl (C=O) groups is 1. The average Bonchev–Trinajstić information content (AvgIpc) is 3.14. The Morgan fingerprint density at radius 2 is 1.97 bits per heavy atom. The molecule has 2 aromatic heterocycles. The van der Waals surface area contributed by atoms with Gasteiger partial charge < -0.3 is 10.2 Å². The van der Waals surface area contributed by atoms with Gasteiger partial charge in [0.15, 0.2) is 0 Å². The van der Waals surface area contributed by atoms with Gasteiger partial charge in [0.05, 0.1) is 18.3 Å². The van der Waals surface area contributed by atoms with Crippen molar-refractivity contribution < 1.29 is 9.18 Å². The minimum Gasteiger partial charge on any atom is -0.355 e. The number of benzene rings is 1. The van der Waals surface area contributed by atoms with Gasteiger partial charge in [-0.2, -0.15) is 0 Å². The summed E-state index contributed by atoms with van der Waals surface area (Å²) in [6.07, 6.45) is 3.09. The number of nitrogens with zero attached hydrogens (tertiary/aromatic N) is 3. The van der Waals surface area contributed by atoms with Crippen molar-refractivity contribution in [3.63, 3.8) is 0 Å². The molecule has 1 aliphatic heterocycles. The van der Waals surface area contributed by atoms with Crippen molar-refractivity contribution in [2.45, 2.75) is 19.4 Å². The van der Waals surface area contributed by atoms with E-state index in [1.807, 2.05) is 41.8 Å². The highest BCUT2D eigenvalue weighted by Gasteiger charge is 2.17. The van der Waals surface area contributed by atoms with E-state index in [0.29, 0.717) is 18.7 Å². The van der Waals surface area contributed by atoms with Crippen LogP contribution in [0.3, 0.4) is 0 Å². The lowest BCUT2D eigenvalue weighted by Gasteiger charge is -2.23. The van der Waals surface area contributed by atoms with Gasteiger partial charge in [-0.1, -0.05) is 24.3 Å². The summed E-state index contributed by atoms with van der Waals surface area (Å²) in [6.45, 7) is 4.16. The molecule has 0 saturated carbocycles. The molecule has 3 heterocycles. The Kier molecular flexibility index (Phi) is 6.71. The summed E-state index contributed by atoms with van der Waals surface area (Å²) in [5.41, 5.74) is 1.45. The second-order valence-corrected chi connectivity index (χ2v) is 8.45. The number of hydrogen-bond donors (Lipinski definition) is 1. The van der Waals surface area contributed by atoms with E-state index in [1.54, 1.807) is 23.6 Å². The maximum absolute atomic E-state index is 13.9. The van der Waals surface area contributed by atoms with Crippen LogP contribution in [0.4, 0.5) is 15.9 Å². The molecule has 0 radical (unpaired) electrons. The first-order valence-electron chi connectivity index (χ1n) is 10.2. The molecule has 0 atom stereocenters. The normalized spacial score (nSPS) is 15.0. The average molecular weight is 425 g/mol. The van der Waals surface area contributed by atoms with E-state index < -0.39 is 0 Å². The second kappa shape index (κ2) is 9.82. The summed E-state index contributed by atoms with van der Waals surface area (Å²) in [4.78, 5) is 22.3. The Balaban J connectivity index is 1.31. The van der Waals surface area contributed by atoms with Crippen molar-refractivity contribution in [3.8, 4) is 0 Å². The summed E-state index contributed by atoms with van der Waals surface area (Å²) >= 11 is 1.58. The molecule has 1 amide bonds. The van der Waals surface area contributed by atoms with Gasteiger partial charge in [0.25, 0.3) is 0 Å². The standard InChI is InChI=1S/C23H25FN4OS/c24-21-7-2-1-5-18(21)17-27-10-4-11-28(13-12-27)22-9-8-19(16-25-22)26-23(29)15-20-6-3-14-30-20/h1-3,5-9,14,16H,4,10-13,15,17H2,(H,26,29). The zero-order chi connectivity index (χ0) is 20.8. The first-order valence-corrected chi connectivity index (χ1v) is 11.0. The second-order valence-electron chi connectivity index (χ2n) is 7.42. The smallest absolute Gasteiger partial charge is 0.229 e. The van der Waals surface area contributed by atoms with E-state index in [-0.39, 0.29) is 11.7 Å². The van der Waals surface area contributed by atoms with Crippen LogP contribution < -0.4 is 10.2 Å². The third kappa shape index (κ3) is 5.43. The predicted molar refractivity (Wildman–Crippen MR) is 119 cm³/mol. The van der Waals surface area contributed by atoms with Gasteiger partial charge >= 0.3 is 0 Å². The van der Waals surface area contributed by atoms with Gasteiger partial charge in [0.2, 0.25) is 5.91 Å². The van der Waals surface area contributed by atoms with Gasteiger partial charge in [0.1, 0.15) is 11.6 Å². The molecule has 7 heteroatoms. The lowest BCUT2D eigenvalue weighted by Crippen LogP contribution is -2.31. The molecule has 5 nitrogen and oxygen atoms in total. The van der Waals surface area contributed by atoms with Crippen molar-refractivity contribution in [2.75, 3.05) is 36.4 Å². The van der Waals surface area contributed by atoms with Crippen LogP contribution in [-0.4, -0.2) is 42.0 Å². The van der Waals surface area contributed by atoms with Gasteiger partial charge in [-0.15, -0.1) is 11.3 Å². The molecule has 4 rings (SSSR count). The Morgan fingerprint density at radius 3 is 2.73 bits per heavy atom. The number of halogens is 1. The van der Waals surface area contributed by atoms with Crippen molar-refractivity contribution >= 4 is 28.7 Å². The van der Waals surface area contributed by atoms with Crippen molar-refractivity contribution in [1.82, 2.24) is 9.88 Å². The van der Waals surface area contributed by atoms with Gasteiger partial charge in [-0.3, -0.25) is 9.69 Å². The van der Waals surface area contributed by atoms with Crippen LogP contribution in [0.5, 0.6) is 0 Å². The summed E-state index contributed by atoms with van der Waals surface area (Å²) < 4.78 is 13.9. The zero-order valence-electron chi connectivity index (χ0n) is 16.8. The molecule has 3 aromatic rings. The third-order valence-electron chi connectivity index (χ3n) is 5.21. The zero-order valence-corrected chi connectivity index (χ0v) is 17.6. The Labute approximate surface area is 180 Å². The summed E-state index contributed by atoms with van der Waals surface area (Å²) in [5.74, 6) is 0.724. The highest BCUT2D eigenvalue weighted by molar-refractivity contribution is 7.10. The maximum atomic E-state index is 13.9. The third-order valence-corrected chi connectivity index (χ3v) is 6.09. The first-order chi connectivity index (χ1) is 14.7. The molecule has 0 aliphatic carbocycles. The number of anilines is 2. The highest BCUT2D eigenvalue weighted by atomic mass is 32.1. The van der Waals surface area contributed by atoms with E-state index in [4.69, 9.17) is 0 Å². The first kappa shape index (κ1) is 20.5. The topological polar surface area (TPSA) is 48.5 Å². The molecule has 1 saturated heterocycles. The van der Waals surface area contributed by atoms with Crippen LogP contribution in [0.1, 0.15) is 16.9 Å². The number of rotatable bonds is 6. The van der Waals surface area contributed by atoms with E-state index in [1.165, 1.54) is 6.07 Å². The SMILES string of the molecule is O=C(Cc1cccs1)Nc1ccc(N2CCCN(Cc3ccccc3F)CC2)nc1. The summed E-state index contributed by atoms with van der Waals surface area (Å²) in [5, 5.41) is 4.88. The fourth-order valence-corrected chi connectivity index (χ4v) is 4.35. The number of pyridine rings is 1. The van der Waals surface area contributed by atoms with Crippen LogP contribution in [-0.2, 0) is 17.8 Å². The Bertz CT molecular complexity index is 962.